The molecule has 98 valence electrons. The summed E-state index contributed by atoms with van der Waals surface area (Å²) in [6.07, 6.45) is 0. The summed E-state index contributed by atoms with van der Waals surface area (Å²) in [5.41, 5.74) is 1.16. The van der Waals surface area contributed by atoms with Crippen molar-refractivity contribution in [3.8, 4) is 0 Å². The first-order valence-electron chi connectivity index (χ1n) is 5.88. The lowest BCUT2D eigenvalue weighted by Gasteiger charge is -2.18. The molecule has 1 heterocycles. The van der Waals surface area contributed by atoms with E-state index in [-0.39, 0.29) is 0 Å². The van der Waals surface area contributed by atoms with E-state index in [0.29, 0.717) is 13.2 Å². The minimum absolute atomic E-state index is 0.455. The van der Waals surface area contributed by atoms with E-state index in [9.17, 15) is 0 Å². The minimum Gasteiger partial charge on any atom is -0.453 e. The smallest absolute Gasteiger partial charge is 0.245 e. The summed E-state index contributed by atoms with van der Waals surface area (Å²) in [5.74, 6) is 1.13. The van der Waals surface area contributed by atoms with Crippen LogP contribution in [0.2, 0.25) is 0 Å². The zero-order chi connectivity index (χ0) is 13.0. The topological polar surface area (TPSA) is 27.7 Å². The van der Waals surface area contributed by atoms with E-state index < -0.39 is 5.79 Å². The van der Waals surface area contributed by atoms with Crippen molar-refractivity contribution in [2.45, 2.75) is 26.2 Å². The van der Waals surface area contributed by atoms with Gasteiger partial charge in [-0.05, 0) is 5.56 Å². The normalized spacial score (nSPS) is 17.5. The van der Waals surface area contributed by atoms with Crippen LogP contribution in [0.5, 0.6) is 0 Å². The lowest BCUT2D eigenvalue weighted by atomic mass is 10.2. The van der Waals surface area contributed by atoms with Crippen LogP contribution in [0.25, 0.3) is 0 Å². The molecule has 1 aromatic rings. The van der Waals surface area contributed by atoms with E-state index in [2.05, 4.69) is 22.6 Å². The molecular formula is C14H17IO3. The number of rotatable bonds is 5. The molecule has 0 saturated carbocycles. The van der Waals surface area contributed by atoms with Gasteiger partial charge < -0.3 is 14.2 Å². The Morgan fingerprint density at radius 3 is 2.39 bits per heavy atom. The maximum atomic E-state index is 5.72. The fourth-order valence-electron chi connectivity index (χ4n) is 1.78. The lowest BCUT2D eigenvalue weighted by molar-refractivity contribution is -0.127. The molecule has 0 fully saturated rings. The van der Waals surface area contributed by atoms with Crippen molar-refractivity contribution in [2.75, 3.05) is 11.0 Å². The van der Waals surface area contributed by atoms with Gasteiger partial charge in [-0.2, -0.15) is 0 Å². The predicted octanol–water partition coefficient (Wildman–Crippen LogP) is 3.63. The van der Waals surface area contributed by atoms with Gasteiger partial charge in [0.15, 0.2) is 11.5 Å². The monoisotopic (exact) mass is 360 g/mol. The molecule has 18 heavy (non-hydrogen) atoms. The molecule has 0 aromatic heterocycles. The molecule has 0 aliphatic carbocycles. The fourth-order valence-corrected chi connectivity index (χ4v) is 2.36. The molecule has 1 aliphatic heterocycles. The molecule has 0 amide bonds. The molecule has 0 atom stereocenters. The molecule has 0 spiro atoms. The van der Waals surface area contributed by atoms with Crippen LogP contribution in [0.4, 0.5) is 0 Å². The predicted molar refractivity (Wildman–Crippen MR) is 78.3 cm³/mol. The van der Waals surface area contributed by atoms with Gasteiger partial charge in [0.25, 0.3) is 0 Å². The average Bonchev–Trinajstić information content (AvgIpc) is 2.65. The van der Waals surface area contributed by atoms with Crippen molar-refractivity contribution in [1.82, 2.24) is 0 Å². The van der Waals surface area contributed by atoms with Crippen LogP contribution in [0, 0.1) is 0 Å². The van der Waals surface area contributed by atoms with Gasteiger partial charge in [0.1, 0.15) is 6.61 Å². The van der Waals surface area contributed by atoms with Crippen LogP contribution >= 0.6 is 22.6 Å². The molecule has 0 unspecified atom stereocenters. The first-order valence-corrected chi connectivity index (χ1v) is 7.41. The fraction of sp³-hybridized carbons (Fsp3) is 0.429. The van der Waals surface area contributed by atoms with Crippen molar-refractivity contribution >= 4 is 22.6 Å². The van der Waals surface area contributed by atoms with Gasteiger partial charge in [0.05, 0.1) is 11.0 Å². The van der Waals surface area contributed by atoms with Gasteiger partial charge in [0, 0.05) is 13.8 Å². The molecular weight excluding hydrogens is 343 g/mol. The van der Waals surface area contributed by atoms with Crippen LogP contribution in [-0.4, -0.2) is 16.8 Å². The third kappa shape index (κ3) is 3.62. The van der Waals surface area contributed by atoms with Gasteiger partial charge >= 0.3 is 0 Å². The summed E-state index contributed by atoms with van der Waals surface area (Å²) in [4.78, 5) is 0. The quantitative estimate of drug-likeness (QED) is 0.593. The van der Waals surface area contributed by atoms with Crippen LogP contribution < -0.4 is 0 Å². The Kier molecular flexibility index (Phi) is 4.50. The standard InChI is InChI=1S/C14H17IO3/c1-14(2)17-12(8-15)13(18-14)10-16-9-11-6-4-3-5-7-11/h3-7H,8-10H2,1-2H3. The van der Waals surface area contributed by atoms with E-state index >= 15 is 0 Å². The zero-order valence-corrected chi connectivity index (χ0v) is 12.8. The number of benzene rings is 1. The van der Waals surface area contributed by atoms with E-state index in [1.807, 2.05) is 44.2 Å². The van der Waals surface area contributed by atoms with E-state index in [1.54, 1.807) is 0 Å². The summed E-state index contributed by atoms with van der Waals surface area (Å²) >= 11 is 2.27. The SMILES string of the molecule is CC1(C)OC(CI)=C(COCc2ccccc2)O1. The number of allylic oxidation sites excluding steroid dienone is 1. The van der Waals surface area contributed by atoms with Crippen molar-refractivity contribution in [3.63, 3.8) is 0 Å². The van der Waals surface area contributed by atoms with Crippen LogP contribution in [-0.2, 0) is 20.8 Å². The first kappa shape index (κ1) is 13.7. The molecule has 1 aliphatic rings. The maximum Gasteiger partial charge on any atom is 0.245 e. The molecule has 2 rings (SSSR count). The van der Waals surface area contributed by atoms with Crippen LogP contribution in [0.1, 0.15) is 19.4 Å². The number of halogens is 1. The Bertz CT molecular complexity index is 426. The second kappa shape index (κ2) is 5.93. The Hall–Kier alpha value is -0.750. The molecule has 0 N–H and O–H groups in total. The van der Waals surface area contributed by atoms with Gasteiger partial charge in [-0.15, -0.1) is 0 Å². The summed E-state index contributed by atoms with van der Waals surface area (Å²) in [7, 11) is 0. The summed E-state index contributed by atoms with van der Waals surface area (Å²) in [6, 6.07) is 10.1. The molecule has 0 radical (unpaired) electrons. The molecule has 4 heteroatoms. The number of ether oxygens (including phenoxy) is 3. The number of alkyl halides is 1. The number of hydrogen-bond acceptors (Lipinski definition) is 3. The van der Waals surface area contributed by atoms with E-state index in [4.69, 9.17) is 14.2 Å². The second-order valence-corrected chi connectivity index (χ2v) is 5.33. The largest absolute Gasteiger partial charge is 0.453 e. The van der Waals surface area contributed by atoms with Gasteiger partial charge in [-0.3, -0.25) is 0 Å². The zero-order valence-electron chi connectivity index (χ0n) is 10.6. The van der Waals surface area contributed by atoms with Gasteiger partial charge in [-0.1, -0.05) is 52.9 Å². The maximum absolute atomic E-state index is 5.72. The third-order valence-electron chi connectivity index (χ3n) is 2.52. The summed E-state index contributed by atoms with van der Waals surface area (Å²) < 4.78 is 17.9. The van der Waals surface area contributed by atoms with Crippen molar-refractivity contribution < 1.29 is 14.2 Å². The molecule has 0 saturated heterocycles. The third-order valence-corrected chi connectivity index (χ3v) is 3.21. The molecule has 1 aromatic carbocycles. The summed E-state index contributed by atoms with van der Waals surface area (Å²) in [6.45, 7) is 4.85. The van der Waals surface area contributed by atoms with Crippen molar-refractivity contribution in [2.24, 2.45) is 0 Å². The molecule has 3 nitrogen and oxygen atoms in total. The Morgan fingerprint density at radius 1 is 1.06 bits per heavy atom. The highest BCUT2D eigenvalue weighted by Crippen LogP contribution is 2.31. The van der Waals surface area contributed by atoms with Gasteiger partial charge in [-0.25, -0.2) is 0 Å². The van der Waals surface area contributed by atoms with Crippen molar-refractivity contribution in [3.05, 3.63) is 47.4 Å². The average molecular weight is 360 g/mol. The van der Waals surface area contributed by atoms with Crippen molar-refractivity contribution in [1.29, 1.82) is 0 Å². The summed E-state index contributed by atoms with van der Waals surface area (Å²) in [5, 5.41) is 0. The van der Waals surface area contributed by atoms with Crippen LogP contribution in [0.15, 0.2) is 41.9 Å². The molecule has 0 bridgehead atoms. The first-order chi connectivity index (χ1) is 8.61. The minimum atomic E-state index is -0.564. The number of hydrogen-bond donors (Lipinski definition) is 0. The Balaban J connectivity index is 1.87. The highest BCUT2D eigenvalue weighted by atomic mass is 127. The lowest BCUT2D eigenvalue weighted by Crippen LogP contribution is -2.21. The highest BCUT2D eigenvalue weighted by Gasteiger charge is 2.33. The Morgan fingerprint density at radius 2 is 1.72 bits per heavy atom. The van der Waals surface area contributed by atoms with Gasteiger partial charge in [0.2, 0.25) is 5.79 Å². The van der Waals surface area contributed by atoms with E-state index in [1.165, 1.54) is 0 Å². The highest BCUT2D eigenvalue weighted by molar-refractivity contribution is 14.1. The van der Waals surface area contributed by atoms with Crippen LogP contribution in [0.3, 0.4) is 0 Å². The second-order valence-electron chi connectivity index (χ2n) is 4.56. The Labute approximate surface area is 121 Å². The van der Waals surface area contributed by atoms with E-state index in [0.717, 1.165) is 21.5 Å².